The molecule has 76 valence electrons. The van der Waals surface area contributed by atoms with Gasteiger partial charge in [-0.2, -0.15) is 0 Å². The summed E-state index contributed by atoms with van der Waals surface area (Å²) < 4.78 is 10.0. The summed E-state index contributed by atoms with van der Waals surface area (Å²) in [6.07, 6.45) is 0. The predicted molar refractivity (Wildman–Crippen MR) is 51.5 cm³/mol. The van der Waals surface area contributed by atoms with Crippen LogP contribution in [0.4, 0.5) is 0 Å². The van der Waals surface area contributed by atoms with Crippen molar-refractivity contribution in [2.24, 2.45) is 0 Å². The van der Waals surface area contributed by atoms with Crippen LogP contribution in [0.1, 0.15) is 27.7 Å². The van der Waals surface area contributed by atoms with E-state index in [9.17, 15) is 4.79 Å². The van der Waals surface area contributed by atoms with E-state index in [1.807, 2.05) is 13.8 Å². The van der Waals surface area contributed by atoms with Gasteiger partial charge in [0, 0.05) is 12.2 Å². The molecule has 0 atom stereocenters. The number of hydrogen-bond donors (Lipinski definition) is 0. The van der Waals surface area contributed by atoms with Gasteiger partial charge in [-0.25, -0.2) is 4.79 Å². The molecule has 0 amide bonds. The van der Waals surface area contributed by atoms with E-state index in [-0.39, 0.29) is 5.97 Å². The Morgan fingerprint density at radius 2 is 1.77 bits per heavy atom. The first-order valence-corrected chi connectivity index (χ1v) is 4.54. The maximum Gasteiger partial charge on any atom is 0.333 e. The van der Waals surface area contributed by atoms with Crippen LogP contribution < -0.4 is 0 Å². The lowest BCUT2D eigenvalue weighted by molar-refractivity contribution is -0.138. The van der Waals surface area contributed by atoms with Crippen LogP contribution in [0.5, 0.6) is 0 Å². The quantitative estimate of drug-likeness (QED) is 0.486. The summed E-state index contributed by atoms with van der Waals surface area (Å²) in [6, 6.07) is 0. The zero-order valence-electron chi connectivity index (χ0n) is 8.85. The average Bonchev–Trinajstić information content (AvgIpc) is 2.13. The zero-order chi connectivity index (χ0) is 10.3. The van der Waals surface area contributed by atoms with Crippen molar-refractivity contribution in [3.05, 3.63) is 11.1 Å². The highest BCUT2D eigenvalue weighted by Crippen LogP contribution is 2.05. The van der Waals surface area contributed by atoms with Crippen molar-refractivity contribution in [1.82, 2.24) is 0 Å². The standard InChI is InChI=1S/C10H18O3/c1-5-12-7-8(3)9(4)10(11)13-6-2/h5-7H2,1-4H3. The molecule has 0 aromatic rings. The third-order valence-electron chi connectivity index (χ3n) is 1.74. The highest BCUT2D eigenvalue weighted by atomic mass is 16.5. The van der Waals surface area contributed by atoms with Gasteiger partial charge in [-0.3, -0.25) is 0 Å². The second-order valence-electron chi connectivity index (χ2n) is 2.76. The summed E-state index contributed by atoms with van der Waals surface area (Å²) >= 11 is 0. The first kappa shape index (κ1) is 12.2. The van der Waals surface area contributed by atoms with Gasteiger partial charge in [0.25, 0.3) is 0 Å². The van der Waals surface area contributed by atoms with Crippen molar-refractivity contribution >= 4 is 5.97 Å². The number of esters is 1. The summed E-state index contributed by atoms with van der Waals surface area (Å²) in [4.78, 5) is 11.2. The van der Waals surface area contributed by atoms with Crippen molar-refractivity contribution in [2.75, 3.05) is 19.8 Å². The smallest absolute Gasteiger partial charge is 0.333 e. The van der Waals surface area contributed by atoms with E-state index in [0.29, 0.717) is 25.4 Å². The Morgan fingerprint density at radius 3 is 2.23 bits per heavy atom. The molecule has 0 heterocycles. The summed E-state index contributed by atoms with van der Waals surface area (Å²) in [5, 5.41) is 0. The first-order chi connectivity index (χ1) is 6.13. The van der Waals surface area contributed by atoms with E-state index >= 15 is 0 Å². The van der Waals surface area contributed by atoms with Gasteiger partial charge < -0.3 is 9.47 Å². The van der Waals surface area contributed by atoms with Crippen LogP contribution in [0.2, 0.25) is 0 Å². The van der Waals surface area contributed by atoms with E-state index < -0.39 is 0 Å². The fourth-order valence-electron chi connectivity index (χ4n) is 0.777. The normalized spacial score (nSPS) is 12.3. The number of hydrogen-bond acceptors (Lipinski definition) is 3. The van der Waals surface area contributed by atoms with Crippen LogP contribution in [-0.2, 0) is 14.3 Å². The molecule has 0 saturated heterocycles. The highest BCUT2D eigenvalue weighted by molar-refractivity contribution is 5.88. The Hall–Kier alpha value is -0.830. The third-order valence-corrected chi connectivity index (χ3v) is 1.74. The minimum absolute atomic E-state index is 0.250. The molecule has 0 N–H and O–H groups in total. The Labute approximate surface area is 79.7 Å². The monoisotopic (exact) mass is 186 g/mol. The van der Waals surface area contributed by atoms with Gasteiger partial charge in [0.15, 0.2) is 0 Å². The Morgan fingerprint density at radius 1 is 1.15 bits per heavy atom. The lowest BCUT2D eigenvalue weighted by Crippen LogP contribution is -2.09. The summed E-state index contributed by atoms with van der Waals surface area (Å²) in [5.74, 6) is -0.250. The summed E-state index contributed by atoms with van der Waals surface area (Å²) in [5.41, 5.74) is 1.58. The van der Waals surface area contributed by atoms with E-state index in [4.69, 9.17) is 9.47 Å². The predicted octanol–water partition coefficient (Wildman–Crippen LogP) is 1.92. The van der Waals surface area contributed by atoms with E-state index in [1.54, 1.807) is 13.8 Å². The lowest BCUT2D eigenvalue weighted by Gasteiger charge is -2.06. The van der Waals surface area contributed by atoms with Gasteiger partial charge in [0.05, 0.1) is 13.2 Å². The molecule has 3 heteroatoms. The second kappa shape index (κ2) is 6.66. The minimum atomic E-state index is -0.250. The number of ether oxygens (including phenoxy) is 2. The third kappa shape index (κ3) is 4.68. The Bertz CT molecular complexity index is 194. The molecule has 0 spiro atoms. The van der Waals surface area contributed by atoms with Crippen LogP contribution in [0, 0.1) is 0 Å². The Balaban J connectivity index is 4.15. The molecular formula is C10H18O3. The first-order valence-electron chi connectivity index (χ1n) is 4.54. The van der Waals surface area contributed by atoms with Crippen molar-refractivity contribution < 1.29 is 14.3 Å². The van der Waals surface area contributed by atoms with Crippen molar-refractivity contribution in [1.29, 1.82) is 0 Å². The highest BCUT2D eigenvalue weighted by Gasteiger charge is 2.07. The molecule has 0 saturated carbocycles. The fourth-order valence-corrected chi connectivity index (χ4v) is 0.777. The molecule has 0 fully saturated rings. The van der Waals surface area contributed by atoms with Crippen molar-refractivity contribution in [3.63, 3.8) is 0 Å². The number of carbonyl (C=O) groups is 1. The molecule has 0 unspecified atom stereocenters. The van der Waals surface area contributed by atoms with Gasteiger partial charge in [-0.15, -0.1) is 0 Å². The molecular weight excluding hydrogens is 168 g/mol. The van der Waals surface area contributed by atoms with E-state index in [1.165, 1.54) is 0 Å². The van der Waals surface area contributed by atoms with Gasteiger partial charge >= 0.3 is 5.97 Å². The SMILES string of the molecule is CCOCC(C)=C(C)C(=O)OCC. The van der Waals surface area contributed by atoms with Gasteiger partial charge in [-0.05, 0) is 33.3 Å². The molecule has 0 aromatic carbocycles. The minimum Gasteiger partial charge on any atom is -0.463 e. The van der Waals surface area contributed by atoms with Gasteiger partial charge in [0.2, 0.25) is 0 Å². The molecule has 0 radical (unpaired) electrons. The van der Waals surface area contributed by atoms with Crippen LogP contribution in [0.25, 0.3) is 0 Å². The van der Waals surface area contributed by atoms with Crippen LogP contribution in [0.15, 0.2) is 11.1 Å². The topological polar surface area (TPSA) is 35.5 Å². The fraction of sp³-hybridized carbons (Fsp3) is 0.700. The molecule has 13 heavy (non-hydrogen) atoms. The lowest BCUT2D eigenvalue weighted by atomic mass is 10.2. The van der Waals surface area contributed by atoms with Crippen LogP contribution in [-0.4, -0.2) is 25.8 Å². The molecule has 3 nitrogen and oxygen atoms in total. The largest absolute Gasteiger partial charge is 0.463 e. The summed E-state index contributed by atoms with van der Waals surface area (Å²) in [6.45, 7) is 8.93. The van der Waals surface area contributed by atoms with Crippen molar-refractivity contribution in [3.8, 4) is 0 Å². The van der Waals surface area contributed by atoms with Gasteiger partial charge in [0.1, 0.15) is 0 Å². The zero-order valence-corrected chi connectivity index (χ0v) is 8.85. The number of rotatable bonds is 5. The molecule has 0 aliphatic carbocycles. The number of carbonyl (C=O) groups excluding carboxylic acids is 1. The maximum absolute atomic E-state index is 11.2. The molecule has 0 rings (SSSR count). The van der Waals surface area contributed by atoms with Gasteiger partial charge in [-0.1, -0.05) is 0 Å². The maximum atomic E-state index is 11.2. The summed E-state index contributed by atoms with van der Waals surface area (Å²) in [7, 11) is 0. The van der Waals surface area contributed by atoms with Crippen LogP contribution in [0.3, 0.4) is 0 Å². The second-order valence-corrected chi connectivity index (χ2v) is 2.76. The molecule has 0 aromatic heterocycles. The Kier molecular flexibility index (Phi) is 6.24. The van der Waals surface area contributed by atoms with Crippen LogP contribution >= 0.6 is 0 Å². The average molecular weight is 186 g/mol. The van der Waals surface area contributed by atoms with E-state index in [2.05, 4.69) is 0 Å². The molecule has 0 bridgehead atoms. The molecule has 0 aliphatic rings. The van der Waals surface area contributed by atoms with E-state index in [0.717, 1.165) is 5.57 Å². The van der Waals surface area contributed by atoms with Crippen molar-refractivity contribution in [2.45, 2.75) is 27.7 Å². The molecule has 0 aliphatic heterocycles.